The first-order valence-corrected chi connectivity index (χ1v) is 15.9. The number of H-pyrrole nitrogens is 1. The van der Waals surface area contributed by atoms with E-state index >= 15 is 0 Å². The maximum atomic E-state index is 13.2. The van der Waals surface area contributed by atoms with E-state index in [1.165, 1.54) is 31.0 Å². The molecule has 2 atom stereocenters. The van der Waals surface area contributed by atoms with Crippen LogP contribution < -0.4 is 21.5 Å². The number of thioether (sulfide) groups is 1. The third-order valence-electron chi connectivity index (χ3n) is 6.07. The Morgan fingerprint density at radius 2 is 2.09 bits per heavy atom. The van der Waals surface area contributed by atoms with Crippen molar-refractivity contribution in [3.8, 4) is 5.75 Å². The van der Waals surface area contributed by atoms with Crippen LogP contribution in [0.15, 0.2) is 33.9 Å². The number of rotatable bonds is 15. The van der Waals surface area contributed by atoms with Gasteiger partial charge in [-0.1, -0.05) is 16.9 Å². The molecule has 21 heteroatoms. The van der Waals surface area contributed by atoms with Crippen LogP contribution in [0.4, 0.5) is 5.13 Å². The molecule has 1 fully saturated rings. The number of carbonyl (C=O) groups is 3. The molecule has 4 rings (SSSR count). The number of fused-ring (bicyclic) bond motifs is 1. The average Bonchev–Trinajstić information content (AvgIpc) is 3.56. The van der Waals surface area contributed by atoms with Gasteiger partial charge in [0.1, 0.15) is 24.1 Å². The van der Waals surface area contributed by atoms with Gasteiger partial charge in [-0.3, -0.25) is 14.1 Å². The van der Waals surface area contributed by atoms with E-state index in [1.807, 2.05) is 0 Å². The van der Waals surface area contributed by atoms with E-state index in [9.17, 15) is 27.9 Å². The van der Waals surface area contributed by atoms with Crippen LogP contribution in [0.1, 0.15) is 26.0 Å². The van der Waals surface area contributed by atoms with Gasteiger partial charge in [0.15, 0.2) is 16.0 Å². The molecule has 2 amide bonds. The van der Waals surface area contributed by atoms with Crippen molar-refractivity contribution in [2.45, 2.75) is 43.1 Å². The van der Waals surface area contributed by atoms with E-state index in [0.29, 0.717) is 33.5 Å². The molecule has 1 unspecified atom stereocenters. The number of carbonyl (C=O) groups excluding carboxylic acids is 2. The first-order valence-electron chi connectivity index (χ1n) is 12.6. The van der Waals surface area contributed by atoms with Crippen LogP contribution in [0.5, 0.6) is 5.75 Å². The summed E-state index contributed by atoms with van der Waals surface area (Å²) in [4.78, 5) is 54.3. The van der Waals surface area contributed by atoms with Crippen LogP contribution >= 0.6 is 23.1 Å². The summed E-state index contributed by atoms with van der Waals surface area (Å²) >= 11 is 2.47. The van der Waals surface area contributed by atoms with Crippen LogP contribution in [0.25, 0.3) is 11.0 Å². The SMILES string of the molecule is CC1(C)[C@H](NC(=O)/C(=N\OC(COc2ccc3nc(SCCCN)[nH]c3c2)C(=O)O)c2csc(N)n2)C(=O)N1OS(=O)(=O)O. The Bertz CT molecular complexity index is 1690. The molecule has 18 nitrogen and oxygen atoms in total. The third-order valence-corrected chi connectivity index (χ3v) is 8.04. The van der Waals surface area contributed by atoms with Gasteiger partial charge >= 0.3 is 16.4 Å². The minimum Gasteiger partial charge on any atom is -0.489 e. The minimum atomic E-state index is -5.01. The van der Waals surface area contributed by atoms with Crippen molar-refractivity contribution >= 4 is 73.2 Å². The van der Waals surface area contributed by atoms with E-state index in [2.05, 4.69) is 29.7 Å². The van der Waals surface area contributed by atoms with Crippen molar-refractivity contribution in [3.63, 3.8) is 0 Å². The number of hydroxylamine groups is 2. The van der Waals surface area contributed by atoms with Crippen LogP contribution in [0.3, 0.4) is 0 Å². The zero-order chi connectivity index (χ0) is 32.2. The maximum absolute atomic E-state index is 13.2. The molecule has 44 heavy (non-hydrogen) atoms. The fourth-order valence-corrected chi connectivity index (χ4v) is 5.68. The van der Waals surface area contributed by atoms with Gasteiger partial charge in [-0.05, 0) is 38.9 Å². The number of nitrogen functional groups attached to an aromatic ring is 1. The van der Waals surface area contributed by atoms with Crippen molar-refractivity contribution in [2.24, 2.45) is 10.9 Å². The summed E-state index contributed by atoms with van der Waals surface area (Å²) in [7, 11) is -5.01. The molecule has 8 N–H and O–H groups in total. The van der Waals surface area contributed by atoms with Gasteiger partial charge in [0, 0.05) is 17.2 Å². The fourth-order valence-electron chi connectivity index (χ4n) is 3.83. The van der Waals surface area contributed by atoms with Crippen molar-refractivity contribution < 1.29 is 46.3 Å². The Hall–Kier alpha value is -4.02. The third kappa shape index (κ3) is 7.73. The van der Waals surface area contributed by atoms with Crippen molar-refractivity contribution in [3.05, 3.63) is 29.3 Å². The van der Waals surface area contributed by atoms with E-state index < -0.39 is 58.2 Å². The van der Waals surface area contributed by atoms with Gasteiger partial charge in [-0.2, -0.15) is 13.5 Å². The number of aromatic amines is 1. The number of nitrogens with one attached hydrogen (secondary N) is 2. The number of ether oxygens (including phenoxy) is 1. The number of anilines is 1. The number of oxime groups is 1. The number of aromatic nitrogens is 3. The monoisotopic (exact) mass is 672 g/mol. The second kappa shape index (κ2) is 13.3. The predicted molar refractivity (Wildman–Crippen MR) is 157 cm³/mol. The minimum absolute atomic E-state index is 0.0570. The number of hydrogen-bond acceptors (Lipinski definition) is 15. The number of benzene rings is 1. The standard InChI is InChI=1S/C23H28N8O10S3/c1-23(2)17(19(33)31(23)41-44(36,37)38)29-18(32)16(14-10-43-21(25)26-14)30-40-15(20(34)35)9-39-11-4-5-12-13(8-11)28-22(27-12)42-7-3-6-24/h4-5,8,10,15,17H,3,6-7,9,24H2,1-2H3,(H2,25,26)(H,27,28)(H,29,32)(H,34,35)(H,36,37,38)/b30-16-/t15?,17-/m1/s1. The number of amides is 2. The molecular weight excluding hydrogens is 645 g/mol. The summed E-state index contributed by atoms with van der Waals surface area (Å²) < 4.78 is 41.0. The van der Waals surface area contributed by atoms with Gasteiger partial charge in [0.2, 0.25) is 0 Å². The topological polar surface area (TPSA) is 275 Å². The Balaban J connectivity index is 1.46. The molecule has 238 valence electrons. The van der Waals surface area contributed by atoms with E-state index in [1.54, 1.807) is 18.2 Å². The number of aliphatic carboxylic acids is 1. The zero-order valence-corrected chi connectivity index (χ0v) is 25.6. The lowest BCUT2D eigenvalue weighted by molar-refractivity contribution is -0.218. The van der Waals surface area contributed by atoms with Gasteiger partial charge in [0.05, 0.1) is 16.6 Å². The Morgan fingerprint density at radius 1 is 1.34 bits per heavy atom. The molecule has 0 saturated carbocycles. The summed E-state index contributed by atoms with van der Waals surface area (Å²) in [5.41, 5.74) is 10.5. The molecule has 1 saturated heterocycles. The number of carboxylic acids is 1. The number of β-lactam (4-membered cyclic amide) rings is 1. The van der Waals surface area contributed by atoms with Crippen molar-refractivity contribution in [1.82, 2.24) is 25.3 Å². The highest BCUT2D eigenvalue weighted by molar-refractivity contribution is 7.99. The van der Waals surface area contributed by atoms with Crippen molar-refractivity contribution in [1.29, 1.82) is 0 Å². The molecule has 1 aliphatic heterocycles. The number of carboxylic acid groups (broad SMARTS) is 1. The number of nitrogens with two attached hydrogens (primary N) is 2. The Morgan fingerprint density at radius 3 is 2.70 bits per heavy atom. The molecule has 3 aromatic rings. The van der Waals surface area contributed by atoms with Crippen LogP contribution in [0, 0.1) is 0 Å². The van der Waals surface area contributed by atoms with Crippen LogP contribution in [-0.4, -0.2) is 98.2 Å². The second-order valence-electron chi connectivity index (χ2n) is 9.66. The Kier molecular flexibility index (Phi) is 9.95. The molecule has 1 aromatic carbocycles. The lowest BCUT2D eigenvalue weighted by Crippen LogP contribution is -2.76. The van der Waals surface area contributed by atoms with E-state index in [4.69, 9.17) is 25.6 Å². The highest BCUT2D eigenvalue weighted by Gasteiger charge is 2.58. The number of imidazole rings is 1. The summed E-state index contributed by atoms with van der Waals surface area (Å²) in [5.74, 6) is -2.37. The first-order chi connectivity index (χ1) is 20.7. The molecular formula is C23H28N8O10S3. The van der Waals surface area contributed by atoms with Crippen LogP contribution in [0.2, 0.25) is 0 Å². The number of nitrogens with zero attached hydrogens (tertiary/aromatic N) is 4. The molecule has 0 aliphatic carbocycles. The van der Waals surface area contributed by atoms with E-state index in [-0.39, 0.29) is 10.8 Å². The maximum Gasteiger partial charge on any atom is 0.418 e. The second-order valence-corrected chi connectivity index (χ2v) is 12.6. The predicted octanol–water partition coefficient (Wildman–Crippen LogP) is 0.135. The highest BCUT2D eigenvalue weighted by atomic mass is 32.3. The molecule has 1 aliphatic rings. The Labute approximate surface area is 258 Å². The summed E-state index contributed by atoms with van der Waals surface area (Å²) in [6, 6.07) is 3.61. The lowest BCUT2D eigenvalue weighted by atomic mass is 9.84. The normalized spacial score (nSPS) is 17.3. The highest BCUT2D eigenvalue weighted by Crippen LogP contribution is 2.33. The molecule has 2 aromatic heterocycles. The van der Waals surface area contributed by atoms with Gasteiger partial charge in [0.25, 0.3) is 17.9 Å². The quantitative estimate of drug-likeness (QED) is 0.0313. The van der Waals surface area contributed by atoms with Gasteiger partial charge in [-0.15, -0.1) is 15.6 Å². The molecule has 3 heterocycles. The summed E-state index contributed by atoms with van der Waals surface area (Å²) in [6.07, 6.45) is -0.857. The zero-order valence-electron chi connectivity index (χ0n) is 23.1. The van der Waals surface area contributed by atoms with Crippen LogP contribution in [-0.2, 0) is 33.9 Å². The number of thiazole rings is 1. The summed E-state index contributed by atoms with van der Waals surface area (Å²) in [6.45, 7) is 2.77. The molecule has 0 radical (unpaired) electrons. The lowest BCUT2D eigenvalue weighted by Gasteiger charge is -2.50. The largest absolute Gasteiger partial charge is 0.489 e. The molecule has 0 bridgehead atoms. The van der Waals surface area contributed by atoms with E-state index in [0.717, 1.165) is 23.5 Å². The van der Waals surface area contributed by atoms with Crippen molar-refractivity contribution in [2.75, 3.05) is 24.6 Å². The average molecular weight is 673 g/mol. The number of hydrogen-bond donors (Lipinski definition) is 6. The first kappa shape index (κ1) is 32.9. The fraction of sp³-hybridized carbons (Fsp3) is 0.391. The van der Waals surface area contributed by atoms with Gasteiger partial charge in [-0.25, -0.2) is 14.8 Å². The smallest absolute Gasteiger partial charge is 0.418 e. The van der Waals surface area contributed by atoms with Gasteiger partial charge < -0.3 is 36.4 Å². The molecule has 0 spiro atoms. The summed E-state index contributed by atoms with van der Waals surface area (Å²) in [5, 5.41) is 18.3.